The molecule has 0 N–H and O–H groups in total. The van der Waals surface area contributed by atoms with Crippen LogP contribution in [0.3, 0.4) is 0 Å². The summed E-state index contributed by atoms with van der Waals surface area (Å²) in [5.41, 5.74) is 4.04. The fourth-order valence-corrected chi connectivity index (χ4v) is 2.76. The van der Waals surface area contributed by atoms with Crippen LogP contribution in [0.2, 0.25) is 0 Å². The van der Waals surface area contributed by atoms with E-state index in [1.165, 1.54) is 0 Å². The highest BCUT2D eigenvalue weighted by Gasteiger charge is 2.17. The SMILES string of the molecule is CCCCCC#Cc1c(C)c(C)c(C#CCCCCC)c(C#N)c1C#N. The summed E-state index contributed by atoms with van der Waals surface area (Å²) in [7, 11) is 0. The van der Waals surface area contributed by atoms with Crippen molar-refractivity contribution in [2.45, 2.75) is 79.1 Å². The van der Waals surface area contributed by atoms with E-state index in [0.29, 0.717) is 22.3 Å². The fraction of sp³-hybridized carbons (Fsp3) is 0.500. The van der Waals surface area contributed by atoms with Gasteiger partial charge in [0, 0.05) is 24.0 Å². The molecule has 0 radical (unpaired) electrons. The highest BCUT2D eigenvalue weighted by Crippen LogP contribution is 2.26. The predicted molar refractivity (Wildman–Crippen MR) is 107 cm³/mol. The molecule has 0 heterocycles. The Morgan fingerprint density at radius 3 is 1.31 bits per heavy atom. The zero-order valence-electron chi connectivity index (χ0n) is 16.6. The summed E-state index contributed by atoms with van der Waals surface area (Å²) >= 11 is 0. The third kappa shape index (κ3) is 5.69. The Labute approximate surface area is 159 Å². The molecule has 0 aliphatic heterocycles. The Balaban J connectivity index is 3.30. The Morgan fingerprint density at radius 2 is 1.00 bits per heavy atom. The zero-order valence-corrected chi connectivity index (χ0v) is 16.6. The predicted octanol–water partition coefficient (Wildman–Crippen LogP) is 5.91. The average Bonchev–Trinajstić information content (AvgIpc) is 2.65. The van der Waals surface area contributed by atoms with Gasteiger partial charge in [-0.2, -0.15) is 10.5 Å². The maximum atomic E-state index is 9.64. The van der Waals surface area contributed by atoms with Gasteiger partial charge in [0.15, 0.2) is 0 Å². The van der Waals surface area contributed by atoms with Gasteiger partial charge in [-0.25, -0.2) is 0 Å². The minimum absolute atomic E-state index is 0.372. The molecule has 0 spiro atoms. The number of unbranched alkanes of at least 4 members (excludes halogenated alkanes) is 6. The second-order valence-corrected chi connectivity index (χ2v) is 6.49. The van der Waals surface area contributed by atoms with E-state index in [4.69, 9.17) is 0 Å². The van der Waals surface area contributed by atoms with Crippen molar-refractivity contribution in [2.24, 2.45) is 0 Å². The molecule has 0 aliphatic rings. The monoisotopic (exact) mass is 344 g/mol. The van der Waals surface area contributed by atoms with Crippen LogP contribution in [-0.4, -0.2) is 0 Å². The van der Waals surface area contributed by atoms with Crippen molar-refractivity contribution in [2.75, 3.05) is 0 Å². The van der Waals surface area contributed by atoms with E-state index >= 15 is 0 Å². The van der Waals surface area contributed by atoms with Crippen LogP contribution in [0.15, 0.2) is 0 Å². The lowest BCUT2D eigenvalue weighted by Gasteiger charge is -2.11. The van der Waals surface area contributed by atoms with Gasteiger partial charge in [0.05, 0.1) is 11.1 Å². The van der Waals surface area contributed by atoms with Crippen molar-refractivity contribution in [3.05, 3.63) is 33.4 Å². The van der Waals surface area contributed by atoms with E-state index < -0.39 is 0 Å². The zero-order chi connectivity index (χ0) is 19.4. The van der Waals surface area contributed by atoms with E-state index in [1.54, 1.807) is 0 Å². The van der Waals surface area contributed by atoms with Crippen LogP contribution in [-0.2, 0) is 0 Å². The molecule has 0 unspecified atom stereocenters. The Bertz CT molecular complexity index is 753. The van der Waals surface area contributed by atoms with Crippen LogP contribution in [0.4, 0.5) is 0 Å². The lowest BCUT2D eigenvalue weighted by Crippen LogP contribution is -2.02. The lowest BCUT2D eigenvalue weighted by atomic mass is 9.88. The Morgan fingerprint density at radius 1 is 0.615 bits per heavy atom. The van der Waals surface area contributed by atoms with E-state index in [2.05, 4.69) is 49.7 Å². The fourth-order valence-electron chi connectivity index (χ4n) is 2.76. The summed E-state index contributed by atoms with van der Waals surface area (Å²) in [6, 6.07) is 4.39. The van der Waals surface area contributed by atoms with Crippen molar-refractivity contribution in [1.29, 1.82) is 10.5 Å². The molecule has 0 bridgehead atoms. The molecule has 0 amide bonds. The van der Waals surface area contributed by atoms with Gasteiger partial charge < -0.3 is 0 Å². The molecule has 0 atom stereocenters. The summed E-state index contributed by atoms with van der Waals surface area (Å²) in [6.45, 7) is 8.26. The van der Waals surface area contributed by atoms with Crippen molar-refractivity contribution in [3.63, 3.8) is 0 Å². The van der Waals surface area contributed by atoms with Crippen LogP contribution >= 0.6 is 0 Å². The van der Waals surface area contributed by atoms with Crippen LogP contribution in [0.25, 0.3) is 0 Å². The van der Waals surface area contributed by atoms with E-state index in [1.807, 2.05) is 13.8 Å². The summed E-state index contributed by atoms with van der Waals surface area (Å²) in [5.74, 6) is 12.6. The van der Waals surface area contributed by atoms with Gasteiger partial charge in [-0.3, -0.25) is 0 Å². The second-order valence-electron chi connectivity index (χ2n) is 6.49. The standard InChI is InChI=1S/C24H28N2/c1-5-7-9-11-13-15-21-19(3)20(4)22(16-14-12-10-8-6-2)24(18-26)23(21)17-25/h5-12H2,1-4H3. The number of nitrogens with zero attached hydrogens (tertiary/aromatic N) is 2. The number of hydrogen-bond acceptors (Lipinski definition) is 2. The number of benzene rings is 1. The van der Waals surface area contributed by atoms with E-state index in [-0.39, 0.29) is 0 Å². The van der Waals surface area contributed by atoms with Gasteiger partial charge in [-0.15, -0.1) is 0 Å². The van der Waals surface area contributed by atoms with Crippen LogP contribution < -0.4 is 0 Å². The molecule has 26 heavy (non-hydrogen) atoms. The van der Waals surface area contributed by atoms with Gasteiger partial charge in [-0.05, 0) is 37.8 Å². The maximum absolute atomic E-state index is 9.64. The highest BCUT2D eigenvalue weighted by molar-refractivity contribution is 5.68. The summed E-state index contributed by atoms with van der Waals surface area (Å²) in [4.78, 5) is 0. The molecule has 1 aromatic rings. The molecular weight excluding hydrogens is 316 g/mol. The first-order valence-corrected chi connectivity index (χ1v) is 9.57. The van der Waals surface area contributed by atoms with E-state index in [9.17, 15) is 10.5 Å². The van der Waals surface area contributed by atoms with Crippen molar-refractivity contribution in [3.8, 4) is 35.8 Å². The van der Waals surface area contributed by atoms with Crippen LogP contribution in [0.5, 0.6) is 0 Å². The number of hydrogen-bond donors (Lipinski definition) is 0. The summed E-state index contributed by atoms with van der Waals surface area (Å²) in [6.07, 6.45) is 8.41. The lowest BCUT2D eigenvalue weighted by molar-refractivity contribution is 0.737. The maximum Gasteiger partial charge on any atom is 0.102 e. The second kappa shape index (κ2) is 11.8. The largest absolute Gasteiger partial charge is 0.192 e. The topological polar surface area (TPSA) is 47.6 Å². The third-order valence-electron chi connectivity index (χ3n) is 4.52. The molecular formula is C24H28N2. The molecule has 0 aliphatic carbocycles. The molecule has 1 aromatic carbocycles. The molecule has 2 nitrogen and oxygen atoms in total. The molecule has 1 rings (SSSR count). The number of nitriles is 2. The van der Waals surface area contributed by atoms with Crippen molar-refractivity contribution < 1.29 is 0 Å². The molecule has 2 heteroatoms. The normalized spacial score (nSPS) is 9.31. The van der Waals surface area contributed by atoms with Crippen LogP contribution in [0.1, 0.15) is 98.6 Å². The highest BCUT2D eigenvalue weighted by atomic mass is 14.3. The smallest absolute Gasteiger partial charge is 0.102 e. The van der Waals surface area contributed by atoms with Gasteiger partial charge in [0.1, 0.15) is 12.1 Å². The van der Waals surface area contributed by atoms with E-state index in [0.717, 1.165) is 62.5 Å². The summed E-state index contributed by atoms with van der Waals surface area (Å²) in [5, 5.41) is 19.3. The third-order valence-corrected chi connectivity index (χ3v) is 4.52. The minimum Gasteiger partial charge on any atom is -0.192 e. The van der Waals surface area contributed by atoms with Gasteiger partial charge in [0.2, 0.25) is 0 Å². The van der Waals surface area contributed by atoms with Crippen molar-refractivity contribution >= 4 is 0 Å². The number of rotatable bonds is 6. The molecule has 134 valence electrons. The van der Waals surface area contributed by atoms with Gasteiger partial charge >= 0.3 is 0 Å². The van der Waals surface area contributed by atoms with Gasteiger partial charge in [-0.1, -0.05) is 63.2 Å². The van der Waals surface area contributed by atoms with Crippen LogP contribution in [0, 0.1) is 60.2 Å². The molecule has 0 aromatic heterocycles. The molecule has 0 saturated heterocycles. The Hall–Kier alpha value is -2.68. The molecule has 0 fully saturated rings. The minimum atomic E-state index is 0.372. The first-order chi connectivity index (χ1) is 12.6. The van der Waals surface area contributed by atoms with Crippen molar-refractivity contribution in [1.82, 2.24) is 0 Å². The quantitative estimate of drug-likeness (QED) is 0.475. The summed E-state index contributed by atoms with van der Waals surface area (Å²) < 4.78 is 0. The van der Waals surface area contributed by atoms with Gasteiger partial charge in [0.25, 0.3) is 0 Å². The Kier molecular flexibility index (Phi) is 9.70. The average molecular weight is 345 g/mol. The first-order valence-electron chi connectivity index (χ1n) is 9.57. The molecule has 0 saturated carbocycles. The first kappa shape index (κ1) is 21.4.